The van der Waals surface area contributed by atoms with Gasteiger partial charge < -0.3 is 14.6 Å². The Balaban J connectivity index is 2.06. The fourth-order valence-corrected chi connectivity index (χ4v) is 2.72. The SMILES string of the molecule is O=c1cc(-c2ccc(CCCBr)cc2)oc2c(O)c(O)ccc12. The first-order valence-corrected chi connectivity index (χ1v) is 8.36. The van der Waals surface area contributed by atoms with Gasteiger partial charge in [0.25, 0.3) is 0 Å². The minimum Gasteiger partial charge on any atom is -0.504 e. The first kappa shape index (κ1) is 15.6. The van der Waals surface area contributed by atoms with Gasteiger partial charge in [0, 0.05) is 17.0 Å². The van der Waals surface area contributed by atoms with Crippen molar-refractivity contribution in [3.05, 3.63) is 58.3 Å². The van der Waals surface area contributed by atoms with Crippen LogP contribution in [0.3, 0.4) is 0 Å². The predicted octanol–water partition coefficient (Wildman–Crippen LogP) is 4.20. The van der Waals surface area contributed by atoms with Crippen molar-refractivity contribution in [1.29, 1.82) is 0 Å². The second-order valence-electron chi connectivity index (χ2n) is 5.27. The van der Waals surface area contributed by atoms with E-state index in [-0.39, 0.29) is 22.1 Å². The van der Waals surface area contributed by atoms with E-state index in [2.05, 4.69) is 15.9 Å². The molecule has 118 valence electrons. The highest BCUT2D eigenvalue weighted by molar-refractivity contribution is 9.09. The molecule has 3 rings (SSSR count). The van der Waals surface area contributed by atoms with Crippen LogP contribution < -0.4 is 5.43 Å². The van der Waals surface area contributed by atoms with Crippen LogP contribution >= 0.6 is 15.9 Å². The van der Waals surface area contributed by atoms with Gasteiger partial charge in [-0.05, 0) is 30.5 Å². The summed E-state index contributed by atoms with van der Waals surface area (Å²) < 4.78 is 5.64. The lowest BCUT2D eigenvalue weighted by Crippen LogP contribution is -2.00. The maximum Gasteiger partial charge on any atom is 0.201 e. The number of hydrogen-bond acceptors (Lipinski definition) is 4. The van der Waals surface area contributed by atoms with Crippen molar-refractivity contribution in [2.24, 2.45) is 0 Å². The molecule has 1 heterocycles. The molecule has 2 N–H and O–H groups in total. The minimum absolute atomic E-state index is 0.00383. The van der Waals surface area contributed by atoms with Gasteiger partial charge in [-0.2, -0.15) is 0 Å². The minimum atomic E-state index is -0.421. The van der Waals surface area contributed by atoms with Gasteiger partial charge in [-0.15, -0.1) is 0 Å². The van der Waals surface area contributed by atoms with Crippen LogP contribution in [0, 0.1) is 0 Å². The van der Waals surface area contributed by atoms with E-state index in [9.17, 15) is 15.0 Å². The Bertz CT molecular complexity index is 897. The van der Waals surface area contributed by atoms with Crippen molar-refractivity contribution in [3.8, 4) is 22.8 Å². The van der Waals surface area contributed by atoms with E-state index in [0.717, 1.165) is 23.7 Å². The topological polar surface area (TPSA) is 70.7 Å². The molecule has 0 spiro atoms. The molecule has 0 aliphatic carbocycles. The number of rotatable bonds is 4. The van der Waals surface area contributed by atoms with E-state index in [1.807, 2.05) is 24.3 Å². The zero-order valence-electron chi connectivity index (χ0n) is 12.3. The van der Waals surface area contributed by atoms with Crippen molar-refractivity contribution in [2.75, 3.05) is 5.33 Å². The summed E-state index contributed by atoms with van der Waals surface area (Å²) in [5.74, 6) is -0.381. The molecule has 1 aromatic heterocycles. The van der Waals surface area contributed by atoms with Crippen LogP contribution in [-0.2, 0) is 6.42 Å². The Hall–Kier alpha value is -2.27. The van der Waals surface area contributed by atoms with E-state index in [1.54, 1.807) is 0 Å². The van der Waals surface area contributed by atoms with E-state index in [0.29, 0.717) is 5.76 Å². The third-order valence-electron chi connectivity index (χ3n) is 3.69. The van der Waals surface area contributed by atoms with E-state index in [4.69, 9.17) is 4.42 Å². The van der Waals surface area contributed by atoms with Crippen LogP contribution in [0.5, 0.6) is 11.5 Å². The summed E-state index contributed by atoms with van der Waals surface area (Å²) in [6, 6.07) is 11.8. The smallest absolute Gasteiger partial charge is 0.201 e. The van der Waals surface area contributed by atoms with Gasteiger partial charge in [-0.1, -0.05) is 40.2 Å². The lowest BCUT2D eigenvalue weighted by Gasteiger charge is -2.06. The summed E-state index contributed by atoms with van der Waals surface area (Å²) in [6.07, 6.45) is 2.03. The summed E-state index contributed by atoms with van der Waals surface area (Å²) >= 11 is 3.41. The molecule has 5 heteroatoms. The summed E-state index contributed by atoms with van der Waals surface area (Å²) in [5, 5.41) is 20.7. The Morgan fingerprint density at radius 3 is 2.48 bits per heavy atom. The van der Waals surface area contributed by atoms with Crippen molar-refractivity contribution in [3.63, 3.8) is 0 Å². The molecule has 3 aromatic rings. The van der Waals surface area contributed by atoms with Gasteiger partial charge >= 0.3 is 0 Å². The van der Waals surface area contributed by atoms with E-state index in [1.165, 1.54) is 23.8 Å². The molecular formula is C18H15BrO4. The van der Waals surface area contributed by atoms with Crippen LogP contribution in [0.15, 0.2) is 51.7 Å². The maximum absolute atomic E-state index is 12.2. The first-order chi connectivity index (χ1) is 11.1. The van der Waals surface area contributed by atoms with Crippen molar-refractivity contribution in [1.82, 2.24) is 0 Å². The molecule has 2 aromatic carbocycles. The summed E-state index contributed by atoms with van der Waals surface area (Å²) in [6.45, 7) is 0. The summed E-state index contributed by atoms with van der Waals surface area (Å²) in [5.41, 5.74) is 1.68. The Labute approximate surface area is 141 Å². The molecule has 0 atom stereocenters. The second-order valence-corrected chi connectivity index (χ2v) is 6.07. The predicted molar refractivity (Wildman–Crippen MR) is 93.4 cm³/mol. The number of phenols is 2. The normalized spacial score (nSPS) is 11.0. The molecule has 0 bridgehead atoms. The zero-order chi connectivity index (χ0) is 16.4. The number of aromatic hydroxyl groups is 2. The third kappa shape index (κ3) is 3.10. The van der Waals surface area contributed by atoms with Crippen LogP contribution in [0.25, 0.3) is 22.3 Å². The van der Waals surface area contributed by atoms with Crippen LogP contribution in [0.4, 0.5) is 0 Å². The van der Waals surface area contributed by atoms with Gasteiger partial charge in [-0.25, -0.2) is 0 Å². The van der Waals surface area contributed by atoms with Crippen molar-refractivity contribution >= 4 is 26.9 Å². The average molecular weight is 375 g/mol. The lowest BCUT2D eigenvalue weighted by molar-refractivity contribution is 0.400. The summed E-state index contributed by atoms with van der Waals surface area (Å²) in [4.78, 5) is 12.2. The van der Waals surface area contributed by atoms with E-state index < -0.39 is 5.75 Å². The highest BCUT2D eigenvalue weighted by Crippen LogP contribution is 2.34. The number of fused-ring (bicyclic) bond motifs is 1. The maximum atomic E-state index is 12.2. The van der Waals surface area contributed by atoms with Gasteiger partial charge in [-0.3, -0.25) is 4.79 Å². The number of alkyl halides is 1. The van der Waals surface area contributed by atoms with Crippen LogP contribution in [0.1, 0.15) is 12.0 Å². The second kappa shape index (κ2) is 6.46. The molecular weight excluding hydrogens is 360 g/mol. The van der Waals surface area contributed by atoms with Gasteiger partial charge in [0.15, 0.2) is 16.8 Å². The molecule has 0 aliphatic heterocycles. The highest BCUT2D eigenvalue weighted by atomic mass is 79.9. The average Bonchev–Trinajstić information content (AvgIpc) is 2.57. The standard InChI is InChI=1S/C18H15BrO4/c19-9-1-2-11-3-5-12(6-4-11)16-10-15(21)13-7-8-14(20)17(22)18(13)23-16/h3-8,10,20,22H,1-2,9H2. The fourth-order valence-electron chi connectivity index (χ4n) is 2.44. The molecule has 0 fully saturated rings. The Morgan fingerprint density at radius 2 is 1.78 bits per heavy atom. The highest BCUT2D eigenvalue weighted by Gasteiger charge is 2.13. The zero-order valence-corrected chi connectivity index (χ0v) is 13.8. The van der Waals surface area contributed by atoms with Gasteiger partial charge in [0.05, 0.1) is 5.39 Å². The van der Waals surface area contributed by atoms with Gasteiger partial charge in [0.1, 0.15) is 5.76 Å². The number of phenolic OH excluding ortho intramolecular Hbond substituents is 2. The van der Waals surface area contributed by atoms with Crippen LogP contribution in [-0.4, -0.2) is 15.5 Å². The molecule has 0 radical (unpaired) electrons. The molecule has 23 heavy (non-hydrogen) atoms. The molecule has 0 saturated carbocycles. The largest absolute Gasteiger partial charge is 0.504 e. The quantitative estimate of drug-likeness (QED) is 0.530. The van der Waals surface area contributed by atoms with Crippen LogP contribution in [0.2, 0.25) is 0 Å². The monoisotopic (exact) mass is 374 g/mol. The molecule has 0 aliphatic rings. The fraction of sp³-hybridized carbons (Fsp3) is 0.167. The molecule has 0 amide bonds. The molecule has 0 saturated heterocycles. The third-order valence-corrected chi connectivity index (χ3v) is 4.25. The van der Waals surface area contributed by atoms with Gasteiger partial charge in [0.2, 0.25) is 5.75 Å². The van der Waals surface area contributed by atoms with E-state index >= 15 is 0 Å². The first-order valence-electron chi connectivity index (χ1n) is 7.24. The Kier molecular flexibility index (Phi) is 4.39. The number of benzene rings is 2. The number of hydrogen-bond donors (Lipinski definition) is 2. The number of halogens is 1. The van der Waals surface area contributed by atoms with Crippen molar-refractivity contribution in [2.45, 2.75) is 12.8 Å². The lowest BCUT2D eigenvalue weighted by atomic mass is 10.1. The molecule has 0 unspecified atom stereocenters. The molecule has 4 nitrogen and oxygen atoms in total. The summed E-state index contributed by atoms with van der Waals surface area (Å²) in [7, 11) is 0. The Morgan fingerprint density at radius 1 is 1.04 bits per heavy atom. The number of aryl methyl sites for hydroxylation is 1. The van der Waals surface area contributed by atoms with Crippen molar-refractivity contribution < 1.29 is 14.6 Å².